The number of benzene rings is 1. The van der Waals surface area contributed by atoms with Crippen LogP contribution in [0, 0.1) is 0 Å². The second kappa shape index (κ2) is 4.88. The van der Waals surface area contributed by atoms with E-state index in [-0.39, 0.29) is 0 Å². The lowest BCUT2D eigenvalue weighted by molar-refractivity contribution is -0.147. The molecule has 0 saturated carbocycles. The summed E-state index contributed by atoms with van der Waals surface area (Å²) in [6, 6.07) is 5.07. The average Bonchev–Trinajstić information content (AvgIpc) is 2.44. The van der Waals surface area contributed by atoms with Gasteiger partial charge in [-0.25, -0.2) is 4.79 Å². The fraction of sp³-hybridized carbons (Fsp3) is 0.286. The molecule has 0 unspecified atom stereocenters. The number of hydrogen-bond donors (Lipinski definition) is 1. The molecular formula is C14H15N3O3. The largest absolute Gasteiger partial charge is 0.480 e. The molecule has 6 heteroatoms. The van der Waals surface area contributed by atoms with Crippen molar-refractivity contribution >= 4 is 22.9 Å². The van der Waals surface area contributed by atoms with Crippen LogP contribution < -0.4 is 0 Å². The van der Waals surface area contributed by atoms with Crippen LogP contribution in [0.5, 0.6) is 0 Å². The van der Waals surface area contributed by atoms with E-state index in [0.717, 1.165) is 0 Å². The molecule has 0 fully saturated rings. The molecular weight excluding hydrogens is 258 g/mol. The summed E-state index contributed by atoms with van der Waals surface area (Å²) in [6.07, 6.45) is 3.04. The van der Waals surface area contributed by atoms with Crippen LogP contribution in [0.4, 0.5) is 0 Å². The highest BCUT2D eigenvalue weighted by molar-refractivity contribution is 6.06. The van der Waals surface area contributed by atoms with Gasteiger partial charge in [-0.05, 0) is 26.0 Å². The van der Waals surface area contributed by atoms with E-state index in [0.29, 0.717) is 16.6 Å². The molecule has 6 nitrogen and oxygen atoms in total. The van der Waals surface area contributed by atoms with Crippen molar-refractivity contribution in [3.8, 4) is 0 Å². The Labute approximate surface area is 116 Å². The van der Waals surface area contributed by atoms with Crippen LogP contribution in [-0.2, 0) is 4.79 Å². The third kappa shape index (κ3) is 2.20. The lowest BCUT2D eigenvalue weighted by Crippen LogP contribution is -2.50. The van der Waals surface area contributed by atoms with Crippen LogP contribution in [0.25, 0.3) is 11.0 Å². The topological polar surface area (TPSA) is 83.4 Å². The van der Waals surface area contributed by atoms with Gasteiger partial charge in [0.2, 0.25) is 0 Å². The van der Waals surface area contributed by atoms with E-state index in [1.165, 1.54) is 32.0 Å². The highest BCUT2D eigenvalue weighted by atomic mass is 16.4. The van der Waals surface area contributed by atoms with E-state index in [2.05, 4.69) is 9.97 Å². The van der Waals surface area contributed by atoms with Crippen LogP contribution in [0.15, 0.2) is 30.6 Å². The van der Waals surface area contributed by atoms with Gasteiger partial charge in [0.05, 0.1) is 11.1 Å². The molecule has 0 aliphatic carbocycles. The summed E-state index contributed by atoms with van der Waals surface area (Å²) >= 11 is 0. The molecule has 0 atom stereocenters. The van der Waals surface area contributed by atoms with Gasteiger partial charge in [0.1, 0.15) is 11.1 Å². The van der Waals surface area contributed by atoms with Gasteiger partial charge in [-0.1, -0.05) is 6.07 Å². The maximum atomic E-state index is 12.5. The predicted octanol–water partition coefficient (Wildman–Crippen LogP) is 1.56. The minimum Gasteiger partial charge on any atom is -0.480 e. The first-order valence-corrected chi connectivity index (χ1v) is 6.07. The predicted molar refractivity (Wildman–Crippen MR) is 73.3 cm³/mol. The smallest absolute Gasteiger partial charge is 0.329 e. The molecule has 0 aliphatic heterocycles. The molecule has 0 saturated heterocycles. The average molecular weight is 273 g/mol. The first-order chi connectivity index (χ1) is 9.35. The molecule has 1 aromatic heterocycles. The lowest BCUT2D eigenvalue weighted by atomic mass is 10.0. The number of para-hydroxylation sites is 1. The Hall–Kier alpha value is -2.50. The van der Waals surface area contributed by atoms with Crippen molar-refractivity contribution < 1.29 is 14.7 Å². The van der Waals surface area contributed by atoms with Gasteiger partial charge in [0.15, 0.2) is 0 Å². The minimum atomic E-state index is -1.30. The number of hydrogen-bond acceptors (Lipinski definition) is 4. The Morgan fingerprint density at radius 2 is 1.85 bits per heavy atom. The maximum Gasteiger partial charge on any atom is 0.329 e. The van der Waals surface area contributed by atoms with E-state index in [1.54, 1.807) is 24.4 Å². The Bertz CT molecular complexity index is 677. The van der Waals surface area contributed by atoms with Gasteiger partial charge in [-0.3, -0.25) is 14.8 Å². The van der Waals surface area contributed by atoms with Gasteiger partial charge in [-0.2, -0.15) is 0 Å². The Morgan fingerprint density at radius 3 is 2.50 bits per heavy atom. The van der Waals surface area contributed by atoms with Crippen molar-refractivity contribution in [3.63, 3.8) is 0 Å². The monoisotopic (exact) mass is 273 g/mol. The van der Waals surface area contributed by atoms with Crippen molar-refractivity contribution in [1.82, 2.24) is 14.9 Å². The number of carbonyl (C=O) groups is 2. The molecule has 0 aliphatic rings. The molecule has 1 aromatic carbocycles. The highest BCUT2D eigenvalue weighted by Crippen LogP contribution is 2.20. The van der Waals surface area contributed by atoms with Crippen LogP contribution in [0.1, 0.15) is 24.2 Å². The maximum absolute atomic E-state index is 12.5. The number of aliphatic carboxylic acids is 1. The zero-order valence-electron chi connectivity index (χ0n) is 11.5. The van der Waals surface area contributed by atoms with Gasteiger partial charge in [0, 0.05) is 19.4 Å². The third-order valence-corrected chi connectivity index (χ3v) is 3.40. The molecule has 104 valence electrons. The van der Waals surface area contributed by atoms with Crippen LogP contribution in [-0.4, -0.2) is 44.4 Å². The van der Waals surface area contributed by atoms with Crippen LogP contribution in [0.2, 0.25) is 0 Å². The first kappa shape index (κ1) is 13.9. The van der Waals surface area contributed by atoms with E-state index in [9.17, 15) is 14.7 Å². The van der Waals surface area contributed by atoms with E-state index >= 15 is 0 Å². The molecule has 1 N–H and O–H groups in total. The van der Waals surface area contributed by atoms with Crippen molar-refractivity contribution in [1.29, 1.82) is 0 Å². The summed E-state index contributed by atoms with van der Waals surface area (Å²) in [5, 5.41) is 9.20. The number of carbonyl (C=O) groups excluding carboxylic acids is 1. The zero-order valence-corrected chi connectivity index (χ0v) is 11.5. The molecule has 0 radical (unpaired) electrons. The van der Waals surface area contributed by atoms with Crippen LogP contribution in [0.3, 0.4) is 0 Å². The number of rotatable bonds is 3. The summed E-state index contributed by atoms with van der Waals surface area (Å²) in [5.41, 5.74) is 0.0990. The highest BCUT2D eigenvalue weighted by Gasteiger charge is 2.36. The lowest BCUT2D eigenvalue weighted by Gasteiger charge is -2.31. The number of amides is 1. The number of nitrogens with zero attached hydrogens (tertiary/aromatic N) is 3. The van der Waals surface area contributed by atoms with Gasteiger partial charge < -0.3 is 10.0 Å². The molecule has 0 spiro atoms. The summed E-state index contributed by atoms with van der Waals surface area (Å²) in [7, 11) is 1.46. The number of likely N-dealkylation sites (N-methyl/N-ethyl adjacent to an activating group) is 1. The van der Waals surface area contributed by atoms with Gasteiger partial charge >= 0.3 is 5.97 Å². The number of aromatic nitrogens is 2. The quantitative estimate of drug-likeness (QED) is 0.917. The van der Waals surface area contributed by atoms with E-state index in [4.69, 9.17) is 0 Å². The van der Waals surface area contributed by atoms with Crippen molar-refractivity contribution in [2.75, 3.05) is 7.05 Å². The molecule has 2 aromatic rings. The second-order valence-electron chi connectivity index (χ2n) is 4.96. The summed E-state index contributed by atoms with van der Waals surface area (Å²) in [5.74, 6) is -1.47. The van der Waals surface area contributed by atoms with Crippen molar-refractivity contribution in [2.45, 2.75) is 19.4 Å². The van der Waals surface area contributed by atoms with Crippen molar-refractivity contribution in [2.24, 2.45) is 0 Å². The van der Waals surface area contributed by atoms with Gasteiger partial charge in [0.25, 0.3) is 5.91 Å². The Kier molecular flexibility index (Phi) is 3.40. The van der Waals surface area contributed by atoms with Crippen molar-refractivity contribution in [3.05, 3.63) is 36.2 Å². The normalized spacial score (nSPS) is 11.3. The number of carboxylic acids is 1. The zero-order chi connectivity index (χ0) is 14.9. The molecule has 20 heavy (non-hydrogen) atoms. The standard InChI is InChI=1S/C14H15N3O3/c1-14(2,13(19)20)17(3)12(18)9-5-4-6-10-11(9)16-8-7-15-10/h4-8H,1-3H3,(H,19,20). The summed E-state index contributed by atoms with van der Waals surface area (Å²) in [4.78, 5) is 33.2. The molecule has 1 heterocycles. The number of fused-ring (bicyclic) bond motifs is 1. The number of carboxylic acid groups (broad SMARTS) is 1. The molecule has 0 bridgehead atoms. The molecule has 1 amide bonds. The minimum absolute atomic E-state index is 0.340. The van der Waals surface area contributed by atoms with E-state index < -0.39 is 17.4 Å². The Balaban J connectivity index is 2.49. The van der Waals surface area contributed by atoms with Crippen LogP contribution >= 0.6 is 0 Å². The second-order valence-corrected chi connectivity index (χ2v) is 4.96. The molecule has 2 rings (SSSR count). The third-order valence-electron chi connectivity index (χ3n) is 3.40. The van der Waals surface area contributed by atoms with E-state index in [1.807, 2.05) is 0 Å². The first-order valence-electron chi connectivity index (χ1n) is 6.07. The summed E-state index contributed by atoms with van der Waals surface area (Å²) in [6.45, 7) is 2.95. The van der Waals surface area contributed by atoms with Gasteiger partial charge in [-0.15, -0.1) is 0 Å². The fourth-order valence-electron chi connectivity index (χ4n) is 1.74. The Morgan fingerprint density at radius 1 is 1.20 bits per heavy atom. The fourth-order valence-corrected chi connectivity index (χ4v) is 1.74. The summed E-state index contributed by atoms with van der Waals surface area (Å²) < 4.78 is 0. The SMILES string of the molecule is CN(C(=O)c1cccc2nccnc12)C(C)(C)C(=O)O.